The van der Waals surface area contributed by atoms with Crippen molar-refractivity contribution in [3.8, 4) is 0 Å². The zero-order valence-corrected chi connectivity index (χ0v) is 13.3. The Balaban J connectivity index is 1.84. The molecule has 0 bridgehead atoms. The summed E-state index contributed by atoms with van der Waals surface area (Å²) in [5.41, 5.74) is 0.798. The molecule has 2 aromatic heterocycles. The zero-order valence-electron chi connectivity index (χ0n) is 12.5. The second-order valence-corrected chi connectivity index (χ2v) is 5.88. The van der Waals surface area contributed by atoms with Gasteiger partial charge in [0.05, 0.1) is 18.8 Å². The second kappa shape index (κ2) is 7.12. The molecule has 0 aromatic carbocycles. The summed E-state index contributed by atoms with van der Waals surface area (Å²) in [6, 6.07) is 1.65. The van der Waals surface area contributed by atoms with Crippen LogP contribution in [0.4, 0.5) is 4.79 Å². The van der Waals surface area contributed by atoms with Gasteiger partial charge in [0.2, 0.25) is 0 Å². The minimum Gasteiger partial charge on any atom is -0.332 e. The van der Waals surface area contributed by atoms with E-state index in [0.717, 1.165) is 17.1 Å². The van der Waals surface area contributed by atoms with E-state index in [9.17, 15) is 4.79 Å². The van der Waals surface area contributed by atoms with Crippen molar-refractivity contribution >= 4 is 17.4 Å². The van der Waals surface area contributed by atoms with Crippen molar-refractivity contribution in [2.24, 2.45) is 0 Å². The first-order chi connectivity index (χ1) is 10.1. The molecule has 0 aliphatic rings. The molecule has 1 N–H and O–H groups in total. The fraction of sp³-hybridized carbons (Fsp3) is 0.429. The largest absolute Gasteiger partial charge is 0.332 e. The Morgan fingerprint density at radius 3 is 2.90 bits per heavy atom. The summed E-state index contributed by atoms with van der Waals surface area (Å²) < 4.78 is 0. The van der Waals surface area contributed by atoms with Crippen LogP contribution in [0.25, 0.3) is 0 Å². The van der Waals surface area contributed by atoms with Crippen molar-refractivity contribution in [2.75, 3.05) is 7.05 Å². The number of aryl methyl sites for hydroxylation is 2. The lowest BCUT2D eigenvalue weighted by molar-refractivity contribution is 0.206. The first-order valence-electron chi connectivity index (χ1n) is 6.79. The van der Waals surface area contributed by atoms with Crippen LogP contribution in [-0.2, 0) is 19.5 Å². The average Bonchev–Trinajstić information content (AvgIpc) is 2.92. The van der Waals surface area contributed by atoms with E-state index in [0.29, 0.717) is 18.9 Å². The molecule has 7 heteroatoms. The van der Waals surface area contributed by atoms with Crippen molar-refractivity contribution in [3.63, 3.8) is 0 Å². The average molecular weight is 305 g/mol. The number of carbonyl (C=O) groups is 1. The quantitative estimate of drug-likeness (QED) is 0.919. The fourth-order valence-electron chi connectivity index (χ4n) is 1.76. The molecule has 0 saturated carbocycles. The van der Waals surface area contributed by atoms with Gasteiger partial charge in [-0.05, 0) is 19.4 Å². The summed E-state index contributed by atoms with van der Waals surface area (Å²) >= 11 is 1.64. The summed E-state index contributed by atoms with van der Waals surface area (Å²) in [6.07, 6.45) is 4.53. The maximum absolute atomic E-state index is 12.0. The van der Waals surface area contributed by atoms with Gasteiger partial charge in [0.15, 0.2) is 0 Å². The number of rotatable bonds is 5. The number of thiazole rings is 1. The Morgan fingerprint density at radius 1 is 1.43 bits per heavy atom. The predicted octanol–water partition coefficient (Wildman–Crippen LogP) is 2.15. The number of urea groups is 1. The maximum Gasteiger partial charge on any atom is 0.317 e. The van der Waals surface area contributed by atoms with Gasteiger partial charge < -0.3 is 10.2 Å². The van der Waals surface area contributed by atoms with Crippen LogP contribution in [0.2, 0.25) is 0 Å². The van der Waals surface area contributed by atoms with Crippen molar-refractivity contribution in [1.82, 2.24) is 25.2 Å². The van der Waals surface area contributed by atoms with E-state index in [1.54, 1.807) is 35.5 Å². The third kappa shape index (κ3) is 4.49. The van der Waals surface area contributed by atoms with Crippen LogP contribution < -0.4 is 5.32 Å². The van der Waals surface area contributed by atoms with Crippen molar-refractivity contribution in [3.05, 3.63) is 39.9 Å². The molecule has 0 fully saturated rings. The summed E-state index contributed by atoms with van der Waals surface area (Å²) in [4.78, 5) is 27.5. The van der Waals surface area contributed by atoms with Gasteiger partial charge in [0.25, 0.3) is 0 Å². The van der Waals surface area contributed by atoms with Crippen LogP contribution in [0.5, 0.6) is 0 Å². The van der Waals surface area contributed by atoms with Crippen molar-refractivity contribution in [2.45, 2.75) is 33.4 Å². The minimum atomic E-state index is -0.139. The Hall–Kier alpha value is -2.02. The molecule has 112 valence electrons. The van der Waals surface area contributed by atoms with Gasteiger partial charge in [-0.3, -0.25) is 0 Å². The van der Waals surface area contributed by atoms with E-state index >= 15 is 0 Å². The highest BCUT2D eigenvalue weighted by Crippen LogP contribution is 2.14. The molecule has 0 radical (unpaired) electrons. The first-order valence-corrected chi connectivity index (χ1v) is 7.61. The van der Waals surface area contributed by atoms with Gasteiger partial charge in [-0.15, -0.1) is 11.3 Å². The Bertz CT molecular complexity index is 613. The van der Waals surface area contributed by atoms with Gasteiger partial charge in [0.1, 0.15) is 10.8 Å². The van der Waals surface area contributed by atoms with E-state index in [4.69, 9.17) is 0 Å². The van der Waals surface area contributed by atoms with Gasteiger partial charge in [-0.25, -0.2) is 19.7 Å². The molecule has 2 aromatic rings. The molecule has 0 atom stereocenters. The number of hydrogen-bond donors (Lipinski definition) is 1. The summed E-state index contributed by atoms with van der Waals surface area (Å²) in [5.74, 6) is 0.699. The van der Waals surface area contributed by atoms with Crippen LogP contribution in [-0.4, -0.2) is 32.9 Å². The van der Waals surface area contributed by atoms with Crippen LogP contribution >= 0.6 is 11.3 Å². The highest BCUT2D eigenvalue weighted by molar-refractivity contribution is 7.11. The number of hydrogen-bond acceptors (Lipinski definition) is 5. The lowest BCUT2D eigenvalue weighted by Crippen LogP contribution is -2.36. The standard InChI is InChI=1S/C14H19N5OS/c1-4-12-8-16-13(21-12)9-19(3)14(20)17-7-11-5-6-15-10(2)18-11/h5-6,8H,4,7,9H2,1-3H3,(H,17,20). The van der Waals surface area contributed by atoms with Crippen LogP contribution in [0.15, 0.2) is 18.5 Å². The second-order valence-electron chi connectivity index (χ2n) is 4.68. The van der Waals surface area contributed by atoms with Gasteiger partial charge in [0, 0.05) is 24.3 Å². The summed E-state index contributed by atoms with van der Waals surface area (Å²) in [7, 11) is 1.76. The number of amides is 2. The molecule has 0 aliphatic carbocycles. The van der Waals surface area contributed by atoms with Crippen LogP contribution in [0.1, 0.15) is 28.3 Å². The molecular formula is C14H19N5OS. The van der Waals surface area contributed by atoms with Gasteiger partial charge >= 0.3 is 6.03 Å². The fourth-order valence-corrected chi connectivity index (χ4v) is 2.68. The molecular weight excluding hydrogens is 286 g/mol. The molecule has 2 heterocycles. The number of nitrogens with one attached hydrogen (secondary N) is 1. The topological polar surface area (TPSA) is 71.0 Å². The molecule has 0 unspecified atom stereocenters. The number of carbonyl (C=O) groups excluding carboxylic acids is 1. The molecule has 21 heavy (non-hydrogen) atoms. The minimum absolute atomic E-state index is 0.139. The Kier molecular flexibility index (Phi) is 5.21. The smallest absolute Gasteiger partial charge is 0.317 e. The zero-order chi connectivity index (χ0) is 15.2. The molecule has 2 amide bonds. The monoisotopic (exact) mass is 305 g/mol. The van der Waals surface area contributed by atoms with Crippen LogP contribution in [0.3, 0.4) is 0 Å². The molecule has 2 rings (SSSR count). The van der Waals surface area contributed by atoms with E-state index in [1.165, 1.54) is 4.88 Å². The third-order valence-electron chi connectivity index (χ3n) is 2.92. The van der Waals surface area contributed by atoms with E-state index in [2.05, 4.69) is 27.2 Å². The molecule has 0 aliphatic heterocycles. The summed E-state index contributed by atoms with van der Waals surface area (Å²) in [5, 5.41) is 3.79. The van der Waals surface area contributed by atoms with Crippen molar-refractivity contribution < 1.29 is 4.79 Å². The number of aromatic nitrogens is 3. The third-order valence-corrected chi connectivity index (χ3v) is 4.05. The first kappa shape index (κ1) is 15.4. The number of nitrogens with zero attached hydrogens (tertiary/aromatic N) is 4. The van der Waals surface area contributed by atoms with Gasteiger partial charge in [-0.1, -0.05) is 6.92 Å². The molecule has 0 saturated heterocycles. The molecule has 6 nitrogen and oxygen atoms in total. The lowest BCUT2D eigenvalue weighted by Gasteiger charge is -2.16. The Morgan fingerprint density at radius 2 is 2.24 bits per heavy atom. The van der Waals surface area contributed by atoms with E-state index < -0.39 is 0 Å². The summed E-state index contributed by atoms with van der Waals surface area (Å²) in [6.45, 7) is 4.83. The van der Waals surface area contributed by atoms with Crippen molar-refractivity contribution in [1.29, 1.82) is 0 Å². The lowest BCUT2D eigenvalue weighted by atomic mass is 10.4. The van der Waals surface area contributed by atoms with Gasteiger partial charge in [-0.2, -0.15) is 0 Å². The normalized spacial score (nSPS) is 10.4. The Labute approximate surface area is 128 Å². The highest BCUT2D eigenvalue weighted by Gasteiger charge is 2.11. The maximum atomic E-state index is 12.0. The highest BCUT2D eigenvalue weighted by atomic mass is 32.1. The predicted molar refractivity (Wildman–Crippen MR) is 82.0 cm³/mol. The SMILES string of the molecule is CCc1cnc(CN(C)C(=O)NCc2ccnc(C)n2)s1. The molecule has 0 spiro atoms. The van der Waals surface area contributed by atoms with Crippen LogP contribution in [0, 0.1) is 6.92 Å². The van der Waals surface area contributed by atoms with E-state index in [1.807, 2.05) is 13.1 Å². The van der Waals surface area contributed by atoms with E-state index in [-0.39, 0.29) is 6.03 Å².